The van der Waals surface area contributed by atoms with Gasteiger partial charge in [-0.3, -0.25) is 19.6 Å². The fourth-order valence-electron chi connectivity index (χ4n) is 7.25. The van der Waals surface area contributed by atoms with Crippen molar-refractivity contribution in [1.29, 1.82) is 0 Å². The first kappa shape index (κ1) is 52.3. The Morgan fingerprint density at radius 1 is 0.463 bits per heavy atom. The summed E-state index contributed by atoms with van der Waals surface area (Å²) in [4.78, 5) is 38.8. The molecular weight excluding hydrogens is 677 g/mol. The minimum absolute atomic E-state index is 0.00575. The van der Waals surface area contributed by atoms with Crippen molar-refractivity contribution in [3.63, 3.8) is 0 Å². The molecule has 0 aliphatic heterocycles. The molecule has 0 bridgehead atoms. The summed E-state index contributed by atoms with van der Waals surface area (Å²) in [6.07, 6.45) is 38.7. The van der Waals surface area contributed by atoms with Gasteiger partial charge in [-0.2, -0.15) is 0 Å². The monoisotopic (exact) mass is 767 g/mol. The van der Waals surface area contributed by atoms with Crippen molar-refractivity contribution in [2.75, 3.05) is 26.2 Å². The number of hydrogen-bond donors (Lipinski definition) is 2. The van der Waals surface area contributed by atoms with Gasteiger partial charge >= 0.3 is 11.9 Å². The summed E-state index contributed by atoms with van der Waals surface area (Å²) >= 11 is 0. The van der Waals surface area contributed by atoms with Crippen LogP contribution in [0.5, 0.6) is 0 Å². The van der Waals surface area contributed by atoms with Crippen LogP contribution in [0.25, 0.3) is 0 Å². The molecule has 0 aliphatic rings. The molecule has 0 atom stereocenters. The number of nitrogens with zero attached hydrogens (tertiary/aromatic N) is 1. The summed E-state index contributed by atoms with van der Waals surface area (Å²) in [5, 5.41) is 8.86. The number of hydroxylamine groups is 1. The molecule has 8 heteroatoms. The minimum atomic E-state index is -0.328. The van der Waals surface area contributed by atoms with Crippen LogP contribution in [-0.4, -0.2) is 60.3 Å². The van der Waals surface area contributed by atoms with Crippen LogP contribution in [0.3, 0.4) is 0 Å². The van der Waals surface area contributed by atoms with Gasteiger partial charge in [-0.15, -0.1) is 0 Å². The smallest absolute Gasteiger partial charge is 0.306 e. The molecule has 0 aromatic rings. The summed E-state index contributed by atoms with van der Waals surface area (Å²) in [5.41, 5.74) is 1.74. The molecule has 1 amide bonds. The SMILES string of the molecule is CCCCCCCCCOC(=O)CCCCCCCN(CCCCCCCC(=O)OC(CCCCCCCC)CCCCCCCC)CCCC(=O)NO. The Hall–Kier alpha value is -1.67. The van der Waals surface area contributed by atoms with Crippen LogP contribution in [0.2, 0.25) is 0 Å². The van der Waals surface area contributed by atoms with Crippen molar-refractivity contribution < 1.29 is 29.1 Å². The number of esters is 2. The molecule has 320 valence electrons. The van der Waals surface area contributed by atoms with Crippen LogP contribution in [0, 0.1) is 0 Å². The zero-order valence-electron chi connectivity index (χ0n) is 36.1. The van der Waals surface area contributed by atoms with Crippen LogP contribution in [0.1, 0.15) is 245 Å². The van der Waals surface area contributed by atoms with E-state index in [2.05, 4.69) is 25.7 Å². The summed E-state index contributed by atoms with van der Waals surface area (Å²) in [6, 6.07) is 0. The molecule has 0 spiro atoms. The Morgan fingerprint density at radius 2 is 0.852 bits per heavy atom. The van der Waals surface area contributed by atoms with Crippen LogP contribution >= 0.6 is 0 Å². The number of unbranched alkanes of at least 4 members (excludes halogenated alkanes) is 24. The molecule has 0 fully saturated rings. The van der Waals surface area contributed by atoms with E-state index in [1.54, 1.807) is 5.48 Å². The first-order valence-electron chi connectivity index (χ1n) is 23.5. The number of rotatable bonds is 43. The predicted molar refractivity (Wildman–Crippen MR) is 226 cm³/mol. The Morgan fingerprint density at radius 3 is 1.33 bits per heavy atom. The Labute approximate surface area is 334 Å². The van der Waals surface area contributed by atoms with Gasteiger partial charge in [0.2, 0.25) is 5.91 Å². The predicted octanol–water partition coefficient (Wildman–Crippen LogP) is 13.0. The van der Waals surface area contributed by atoms with Crippen molar-refractivity contribution in [2.24, 2.45) is 0 Å². The summed E-state index contributed by atoms with van der Waals surface area (Å²) < 4.78 is 11.4. The molecule has 0 aromatic carbocycles. The minimum Gasteiger partial charge on any atom is -0.466 e. The molecule has 0 rings (SSSR count). The Bertz CT molecular complexity index is 809. The second-order valence-corrected chi connectivity index (χ2v) is 16.1. The van der Waals surface area contributed by atoms with Gasteiger partial charge in [0.25, 0.3) is 0 Å². The summed E-state index contributed by atoms with van der Waals surface area (Å²) in [5.74, 6) is -0.385. The topological polar surface area (TPSA) is 105 Å². The van der Waals surface area contributed by atoms with Crippen molar-refractivity contribution in [3.05, 3.63) is 0 Å². The van der Waals surface area contributed by atoms with Crippen LogP contribution in [0.15, 0.2) is 0 Å². The van der Waals surface area contributed by atoms with E-state index in [1.807, 2.05) is 0 Å². The number of nitrogens with one attached hydrogen (secondary N) is 1. The van der Waals surface area contributed by atoms with E-state index in [4.69, 9.17) is 14.7 Å². The largest absolute Gasteiger partial charge is 0.466 e. The fourth-order valence-corrected chi connectivity index (χ4v) is 7.25. The third kappa shape index (κ3) is 38.6. The number of amides is 1. The number of carbonyl (C=O) groups excluding carboxylic acids is 3. The molecular formula is C46H90N2O6. The van der Waals surface area contributed by atoms with Crippen molar-refractivity contribution in [3.8, 4) is 0 Å². The maximum atomic E-state index is 12.8. The number of ether oxygens (including phenoxy) is 2. The first-order chi connectivity index (χ1) is 26.5. The van der Waals surface area contributed by atoms with Gasteiger partial charge in [0.15, 0.2) is 0 Å². The molecule has 0 aromatic heterocycles. The third-order valence-electron chi connectivity index (χ3n) is 10.8. The van der Waals surface area contributed by atoms with Crippen molar-refractivity contribution in [2.45, 2.75) is 252 Å². The lowest BCUT2D eigenvalue weighted by atomic mass is 10.0. The second-order valence-electron chi connectivity index (χ2n) is 16.1. The van der Waals surface area contributed by atoms with Gasteiger partial charge in [0, 0.05) is 19.3 Å². The lowest BCUT2D eigenvalue weighted by Gasteiger charge is -2.22. The van der Waals surface area contributed by atoms with Gasteiger partial charge in [-0.25, -0.2) is 5.48 Å². The zero-order chi connectivity index (χ0) is 39.6. The molecule has 0 heterocycles. The number of hydrogen-bond acceptors (Lipinski definition) is 7. The molecule has 0 saturated carbocycles. The van der Waals surface area contributed by atoms with Gasteiger partial charge < -0.3 is 14.4 Å². The molecule has 0 aliphatic carbocycles. The fraction of sp³-hybridized carbons (Fsp3) is 0.935. The highest BCUT2D eigenvalue weighted by atomic mass is 16.5. The Kier molecular flexibility index (Phi) is 41.2. The number of carbonyl (C=O) groups is 3. The maximum absolute atomic E-state index is 12.8. The highest BCUT2D eigenvalue weighted by Gasteiger charge is 2.14. The second kappa shape index (κ2) is 42.5. The van der Waals surface area contributed by atoms with E-state index in [0.717, 1.165) is 116 Å². The molecule has 8 nitrogen and oxygen atoms in total. The van der Waals surface area contributed by atoms with Crippen molar-refractivity contribution in [1.82, 2.24) is 10.4 Å². The van der Waals surface area contributed by atoms with Crippen LogP contribution in [-0.2, 0) is 23.9 Å². The van der Waals surface area contributed by atoms with Crippen LogP contribution < -0.4 is 5.48 Å². The zero-order valence-corrected chi connectivity index (χ0v) is 36.1. The third-order valence-corrected chi connectivity index (χ3v) is 10.8. The Balaban J connectivity index is 4.24. The lowest BCUT2D eigenvalue weighted by Crippen LogP contribution is -2.28. The highest BCUT2D eigenvalue weighted by Crippen LogP contribution is 2.19. The molecule has 54 heavy (non-hydrogen) atoms. The van der Waals surface area contributed by atoms with Gasteiger partial charge in [0.1, 0.15) is 6.10 Å². The summed E-state index contributed by atoms with van der Waals surface area (Å²) in [6.45, 7) is 10.2. The molecule has 0 radical (unpaired) electrons. The van der Waals surface area contributed by atoms with Crippen molar-refractivity contribution >= 4 is 17.8 Å². The summed E-state index contributed by atoms with van der Waals surface area (Å²) in [7, 11) is 0. The average Bonchev–Trinajstić information content (AvgIpc) is 3.17. The van der Waals surface area contributed by atoms with E-state index in [1.165, 1.54) is 109 Å². The van der Waals surface area contributed by atoms with Gasteiger partial charge in [0.05, 0.1) is 6.61 Å². The molecule has 0 unspecified atom stereocenters. The average molecular weight is 767 g/mol. The first-order valence-corrected chi connectivity index (χ1v) is 23.5. The van der Waals surface area contributed by atoms with E-state index < -0.39 is 0 Å². The van der Waals surface area contributed by atoms with E-state index in [0.29, 0.717) is 25.9 Å². The molecule has 0 saturated heterocycles. The highest BCUT2D eigenvalue weighted by molar-refractivity contribution is 5.74. The lowest BCUT2D eigenvalue weighted by molar-refractivity contribution is -0.150. The van der Waals surface area contributed by atoms with Gasteiger partial charge in [-0.05, 0) is 83.8 Å². The van der Waals surface area contributed by atoms with Crippen LogP contribution in [0.4, 0.5) is 0 Å². The normalized spacial score (nSPS) is 11.4. The van der Waals surface area contributed by atoms with E-state index in [9.17, 15) is 14.4 Å². The standard InChI is InChI=1S/C46H90N2O6/c1-4-7-10-13-16-25-32-42-53-45(50)37-28-21-17-23-30-39-48(41-33-36-44(49)47-52)40-31-24-18-22-29-38-46(51)54-43(34-26-19-14-11-8-5-2)35-27-20-15-12-9-6-3/h43,52H,4-42H2,1-3H3,(H,47,49). The van der Waals surface area contributed by atoms with E-state index in [-0.39, 0.29) is 23.9 Å². The maximum Gasteiger partial charge on any atom is 0.306 e. The van der Waals surface area contributed by atoms with Gasteiger partial charge in [-0.1, -0.05) is 162 Å². The van der Waals surface area contributed by atoms with E-state index >= 15 is 0 Å². The quantitative estimate of drug-likeness (QED) is 0.0275. The molecule has 2 N–H and O–H groups in total.